The zero-order chi connectivity index (χ0) is 13.5. The number of rotatable bonds is 6. The second kappa shape index (κ2) is 7.65. The van der Waals surface area contributed by atoms with Gasteiger partial charge in [-0.25, -0.2) is 0 Å². The highest BCUT2D eigenvalue weighted by Gasteiger charge is 2.14. The number of ether oxygens (including phenoxy) is 1. The minimum atomic E-state index is 0.126. The summed E-state index contributed by atoms with van der Waals surface area (Å²) in [5.74, 6) is 0.126. The number of hydrogen-bond donors (Lipinski definition) is 1. The summed E-state index contributed by atoms with van der Waals surface area (Å²) in [7, 11) is 0. The largest absolute Gasteiger partial charge is 0.378 e. The first-order valence-electron chi connectivity index (χ1n) is 6.87. The maximum absolute atomic E-state index is 11.7. The summed E-state index contributed by atoms with van der Waals surface area (Å²) >= 11 is 3.40. The molecule has 1 atom stereocenters. The van der Waals surface area contributed by atoms with E-state index in [0.29, 0.717) is 12.5 Å². The van der Waals surface area contributed by atoms with Crippen molar-refractivity contribution in [2.24, 2.45) is 0 Å². The quantitative estimate of drug-likeness (QED) is 0.872. The van der Waals surface area contributed by atoms with E-state index < -0.39 is 0 Å². The van der Waals surface area contributed by atoms with E-state index in [1.165, 1.54) is 5.56 Å². The summed E-state index contributed by atoms with van der Waals surface area (Å²) in [4.78, 5) is 11.7. The molecule has 0 radical (unpaired) electrons. The normalized spacial score (nSPS) is 18.5. The summed E-state index contributed by atoms with van der Waals surface area (Å²) in [6, 6.07) is 8.10. The van der Waals surface area contributed by atoms with Crippen molar-refractivity contribution in [1.82, 2.24) is 5.32 Å². The van der Waals surface area contributed by atoms with Gasteiger partial charge in [-0.05, 0) is 43.4 Å². The van der Waals surface area contributed by atoms with Gasteiger partial charge < -0.3 is 10.1 Å². The molecule has 0 aromatic heterocycles. The van der Waals surface area contributed by atoms with E-state index >= 15 is 0 Å². The molecule has 1 fully saturated rings. The Kier molecular flexibility index (Phi) is 5.86. The SMILES string of the molecule is O=C(CCc1ccc(Br)cc1)NCC[C@@H]1CCCO1. The third-order valence-corrected chi connectivity index (χ3v) is 3.90. The van der Waals surface area contributed by atoms with Crippen molar-refractivity contribution in [3.8, 4) is 0 Å². The molecule has 0 unspecified atom stereocenters. The van der Waals surface area contributed by atoms with E-state index in [1.54, 1.807) is 0 Å². The number of aryl methyl sites for hydroxylation is 1. The molecule has 4 heteroatoms. The van der Waals surface area contributed by atoms with Gasteiger partial charge in [0.2, 0.25) is 5.91 Å². The molecular formula is C15H20BrNO2. The predicted octanol–water partition coefficient (Wildman–Crippen LogP) is 3.07. The number of hydrogen-bond acceptors (Lipinski definition) is 2. The molecule has 1 heterocycles. The van der Waals surface area contributed by atoms with Crippen molar-refractivity contribution in [3.05, 3.63) is 34.3 Å². The van der Waals surface area contributed by atoms with Crippen LogP contribution in [0.5, 0.6) is 0 Å². The summed E-state index contributed by atoms with van der Waals surface area (Å²) in [6.45, 7) is 1.60. The monoisotopic (exact) mass is 325 g/mol. The summed E-state index contributed by atoms with van der Waals surface area (Å²) in [5, 5.41) is 2.96. The third kappa shape index (κ3) is 5.33. The molecule has 1 aromatic rings. The molecule has 0 aliphatic carbocycles. The molecule has 104 valence electrons. The Morgan fingerprint density at radius 2 is 2.16 bits per heavy atom. The van der Waals surface area contributed by atoms with Crippen LogP contribution in [0.1, 0.15) is 31.2 Å². The standard InChI is InChI=1S/C15H20BrNO2/c16-13-6-3-12(4-7-13)5-8-15(18)17-10-9-14-2-1-11-19-14/h3-4,6-7,14H,1-2,5,8-11H2,(H,17,18)/t14-/m0/s1. The number of amides is 1. The van der Waals surface area contributed by atoms with E-state index in [-0.39, 0.29) is 5.91 Å². The highest BCUT2D eigenvalue weighted by Crippen LogP contribution is 2.14. The fraction of sp³-hybridized carbons (Fsp3) is 0.533. The number of carbonyl (C=O) groups excluding carboxylic acids is 1. The molecule has 1 amide bonds. The highest BCUT2D eigenvalue weighted by atomic mass is 79.9. The third-order valence-electron chi connectivity index (χ3n) is 3.37. The van der Waals surface area contributed by atoms with Gasteiger partial charge in [-0.1, -0.05) is 28.1 Å². The van der Waals surface area contributed by atoms with Crippen molar-refractivity contribution < 1.29 is 9.53 Å². The Labute approximate surface area is 122 Å². The zero-order valence-electron chi connectivity index (χ0n) is 11.0. The van der Waals surface area contributed by atoms with Gasteiger partial charge >= 0.3 is 0 Å². The fourth-order valence-electron chi connectivity index (χ4n) is 2.24. The lowest BCUT2D eigenvalue weighted by Gasteiger charge is -2.10. The lowest BCUT2D eigenvalue weighted by Crippen LogP contribution is -2.27. The Hall–Kier alpha value is -0.870. The maximum atomic E-state index is 11.7. The van der Waals surface area contributed by atoms with Gasteiger partial charge in [0.1, 0.15) is 0 Å². The van der Waals surface area contributed by atoms with Gasteiger partial charge in [0.05, 0.1) is 6.10 Å². The van der Waals surface area contributed by atoms with E-state index in [4.69, 9.17) is 4.74 Å². The zero-order valence-corrected chi connectivity index (χ0v) is 12.6. The van der Waals surface area contributed by atoms with Gasteiger partial charge in [-0.15, -0.1) is 0 Å². The van der Waals surface area contributed by atoms with Crippen LogP contribution in [0.15, 0.2) is 28.7 Å². The summed E-state index contributed by atoms with van der Waals surface area (Å²) in [5.41, 5.74) is 1.19. The van der Waals surface area contributed by atoms with Crippen LogP contribution in [0.2, 0.25) is 0 Å². The minimum absolute atomic E-state index is 0.126. The molecule has 1 aromatic carbocycles. The lowest BCUT2D eigenvalue weighted by atomic mass is 10.1. The van der Waals surface area contributed by atoms with Crippen LogP contribution in [-0.2, 0) is 16.0 Å². The molecule has 1 aliphatic rings. The smallest absolute Gasteiger partial charge is 0.220 e. The summed E-state index contributed by atoms with van der Waals surface area (Å²) < 4.78 is 6.59. The Balaban J connectivity index is 1.60. The Morgan fingerprint density at radius 3 is 2.84 bits per heavy atom. The number of nitrogens with one attached hydrogen (secondary N) is 1. The first-order chi connectivity index (χ1) is 9.24. The molecule has 0 bridgehead atoms. The van der Waals surface area contributed by atoms with Crippen LogP contribution >= 0.6 is 15.9 Å². The summed E-state index contributed by atoms with van der Waals surface area (Å²) in [6.07, 6.45) is 4.92. The molecule has 3 nitrogen and oxygen atoms in total. The fourth-order valence-corrected chi connectivity index (χ4v) is 2.51. The van der Waals surface area contributed by atoms with Crippen LogP contribution in [0.3, 0.4) is 0 Å². The van der Waals surface area contributed by atoms with Gasteiger partial charge in [0.25, 0.3) is 0 Å². The molecule has 2 rings (SSSR count). The van der Waals surface area contributed by atoms with Crippen molar-refractivity contribution in [3.63, 3.8) is 0 Å². The molecule has 1 N–H and O–H groups in total. The molecule has 1 saturated heterocycles. The van der Waals surface area contributed by atoms with Gasteiger partial charge in [-0.2, -0.15) is 0 Å². The van der Waals surface area contributed by atoms with E-state index in [9.17, 15) is 4.79 Å². The van der Waals surface area contributed by atoms with Crippen molar-refractivity contribution in [1.29, 1.82) is 0 Å². The van der Waals surface area contributed by atoms with Gasteiger partial charge in [0.15, 0.2) is 0 Å². The maximum Gasteiger partial charge on any atom is 0.220 e. The van der Waals surface area contributed by atoms with Gasteiger partial charge in [-0.3, -0.25) is 4.79 Å². The van der Waals surface area contributed by atoms with Gasteiger partial charge in [0, 0.05) is 24.0 Å². The average Bonchev–Trinajstić information content (AvgIpc) is 2.91. The van der Waals surface area contributed by atoms with Crippen molar-refractivity contribution in [2.75, 3.05) is 13.2 Å². The first-order valence-corrected chi connectivity index (χ1v) is 7.66. The molecule has 0 spiro atoms. The van der Waals surface area contributed by atoms with Crippen molar-refractivity contribution >= 4 is 21.8 Å². The highest BCUT2D eigenvalue weighted by molar-refractivity contribution is 9.10. The second-order valence-electron chi connectivity index (χ2n) is 4.90. The van der Waals surface area contributed by atoms with Crippen LogP contribution in [0, 0.1) is 0 Å². The van der Waals surface area contributed by atoms with Crippen LogP contribution < -0.4 is 5.32 Å². The van der Waals surface area contributed by atoms with E-state index in [1.807, 2.05) is 24.3 Å². The molecule has 0 saturated carbocycles. The molecule has 1 aliphatic heterocycles. The topological polar surface area (TPSA) is 38.3 Å². The van der Waals surface area contributed by atoms with Crippen molar-refractivity contribution in [2.45, 2.75) is 38.2 Å². The second-order valence-corrected chi connectivity index (χ2v) is 5.82. The minimum Gasteiger partial charge on any atom is -0.378 e. The van der Waals surface area contributed by atoms with Crippen LogP contribution in [-0.4, -0.2) is 25.2 Å². The van der Waals surface area contributed by atoms with Crippen LogP contribution in [0.25, 0.3) is 0 Å². The number of halogens is 1. The Morgan fingerprint density at radius 1 is 1.37 bits per heavy atom. The average molecular weight is 326 g/mol. The van der Waals surface area contributed by atoms with E-state index in [0.717, 1.165) is 43.3 Å². The Bertz CT molecular complexity index is 399. The van der Waals surface area contributed by atoms with E-state index in [2.05, 4.69) is 21.2 Å². The van der Waals surface area contributed by atoms with Crippen LogP contribution in [0.4, 0.5) is 0 Å². The molecular weight excluding hydrogens is 306 g/mol. The first kappa shape index (κ1) is 14.5. The lowest BCUT2D eigenvalue weighted by molar-refractivity contribution is -0.121. The molecule has 19 heavy (non-hydrogen) atoms. The number of carbonyl (C=O) groups is 1. The number of benzene rings is 1. The predicted molar refractivity (Wildman–Crippen MR) is 79.1 cm³/mol.